The second-order valence-corrected chi connectivity index (χ2v) is 3.19. The van der Waals surface area contributed by atoms with Crippen LogP contribution in [0.3, 0.4) is 0 Å². The Balaban J connectivity index is 3.44. The quantitative estimate of drug-likeness (QED) is 0.601. The molecule has 5 nitrogen and oxygen atoms in total. The highest BCUT2D eigenvalue weighted by atomic mass is 16.5. The maximum absolute atomic E-state index is 11.5. The molecular formula is C11H13NO4. The van der Waals surface area contributed by atoms with E-state index in [-0.39, 0.29) is 11.1 Å². The van der Waals surface area contributed by atoms with Crippen LogP contribution in [0, 0.1) is 6.92 Å². The zero-order valence-corrected chi connectivity index (χ0v) is 9.37. The van der Waals surface area contributed by atoms with Gasteiger partial charge in [0.05, 0.1) is 25.3 Å². The average molecular weight is 223 g/mol. The molecule has 0 aliphatic carbocycles. The van der Waals surface area contributed by atoms with Crippen molar-refractivity contribution in [1.82, 2.24) is 0 Å². The first-order valence-corrected chi connectivity index (χ1v) is 4.58. The molecule has 0 atom stereocenters. The molecule has 0 aliphatic heterocycles. The number of methoxy groups -OCH3 is 2. The molecule has 0 aromatic heterocycles. The van der Waals surface area contributed by atoms with Crippen molar-refractivity contribution in [3.05, 3.63) is 28.8 Å². The Morgan fingerprint density at radius 3 is 2.19 bits per heavy atom. The van der Waals surface area contributed by atoms with Crippen LogP contribution in [-0.4, -0.2) is 26.2 Å². The first kappa shape index (κ1) is 12.0. The van der Waals surface area contributed by atoms with Gasteiger partial charge in [-0.1, -0.05) is 0 Å². The van der Waals surface area contributed by atoms with E-state index in [1.54, 1.807) is 13.0 Å². The first-order chi connectivity index (χ1) is 7.52. The number of carbonyl (C=O) groups excluding carboxylic acids is 2. The summed E-state index contributed by atoms with van der Waals surface area (Å²) in [6.07, 6.45) is 0. The molecule has 1 aromatic carbocycles. The number of anilines is 1. The number of carbonyl (C=O) groups is 2. The molecule has 0 unspecified atom stereocenters. The van der Waals surface area contributed by atoms with Gasteiger partial charge in [0.15, 0.2) is 0 Å². The molecular weight excluding hydrogens is 210 g/mol. The summed E-state index contributed by atoms with van der Waals surface area (Å²) in [4.78, 5) is 23.0. The van der Waals surface area contributed by atoms with Crippen molar-refractivity contribution >= 4 is 17.6 Å². The van der Waals surface area contributed by atoms with Gasteiger partial charge >= 0.3 is 11.9 Å². The van der Waals surface area contributed by atoms with Crippen molar-refractivity contribution < 1.29 is 19.1 Å². The molecule has 16 heavy (non-hydrogen) atoms. The first-order valence-electron chi connectivity index (χ1n) is 4.58. The minimum atomic E-state index is -0.606. The fourth-order valence-corrected chi connectivity index (χ4v) is 1.37. The van der Waals surface area contributed by atoms with Crippen molar-refractivity contribution in [3.8, 4) is 0 Å². The Hall–Kier alpha value is -2.04. The summed E-state index contributed by atoms with van der Waals surface area (Å²) in [5, 5.41) is 0. The van der Waals surface area contributed by atoms with E-state index in [0.717, 1.165) is 0 Å². The minimum Gasteiger partial charge on any atom is -0.465 e. The van der Waals surface area contributed by atoms with E-state index >= 15 is 0 Å². The second-order valence-electron chi connectivity index (χ2n) is 3.19. The number of ether oxygens (including phenoxy) is 2. The molecule has 0 spiro atoms. The highest BCUT2D eigenvalue weighted by molar-refractivity contribution is 6.05. The Labute approximate surface area is 93.1 Å². The van der Waals surface area contributed by atoms with E-state index in [1.807, 2.05) is 0 Å². The topological polar surface area (TPSA) is 78.6 Å². The van der Waals surface area contributed by atoms with Crippen LogP contribution in [0.4, 0.5) is 5.69 Å². The molecule has 0 saturated heterocycles. The van der Waals surface area contributed by atoms with Gasteiger partial charge < -0.3 is 15.2 Å². The lowest BCUT2D eigenvalue weighted by Crippen LogP contribution is -2.14. The fraction of sp³-hybridized carbons (Fsp3) is 0.273. The normalized spacial score (nSPS) is 9.69. The zero-order valence-electron chi connectivity index (χ0n) is 9.37. The third-order valence-electron chi connectivity index (χ3n) is 2.30. The maximum Gasteiger partial charge on any atom is 0.339 e. The van der Waals surface area contributed by atoms with E-state index in [1.165, 1.54) is 20.3 Å². The predicted molar refractivity (Wildman–Crippen MR) is 58.3 cm³/mol. The number of rotatable bonds is 2. The molecule has 0 bridgehead atoms. The molecule has 86 valence electrons. The summed E-state index contributed by atoms with van der Waals surface area (Å²) in [5.41, 5.74) is 6.90. The molecule has 1 rings (SSSR count). The molecule has 0 fully saturated rings. The lowest BCUT2D eigenvalue weighted by Gasteiger charge is -2.11. The lowest BCUT2D eigenvalue weighted by atomic mass is 10.0. The maximum atomic E-state index is 11.5. The van der Waals surface area contributed by atoms with E-state index < -0.39 is 11.9 Å². The molecule has 0 radical (unpaired) electrons. The van der Waals surface area contributed by atoms with Gasteiger partial charge in [-0.2, -0.15) is 0 Å². The standard InChI is InChI=1S/C11H13NO4/c1-6-8(12)5-4-7(10(13)15-2)9(6)11(14)16-3/h4-5H,12H2,1-3H3. The number of hydrogen-bond acceptors (Lipinski definition) is 5. The summed E-state index contributed by atoms with van der Waals surface area (Å²) < 4.78 is 9.18. The summed E-state index contributed by atoms with van der Waals surface area (Å²) in [6.45, 7) is 1.65. The minimum absolute atomic E-state index is 0.148. The monoisotopic (exact) mass is 223 g/mol. The van der Waals surface area contributed by atoms with Gasteiger partial charge in [-0.05, 0) is 24.6 Å². The van der Waals surface area contributed by atoms with Gasteiger partial charge in [0, 0.05) is 5.69 Å². The van der Waals surface area contributed by atoms with Crippen molar-refractivity contribution in [2.24, 2.45) is 0 Å². The molecule has 2 N–H and O–H groups in total. The van der Waals surface area contributed by atoms with Crippen LogP contribution in [0.5, 0.6) is 0 Å². The highest BCUT2D eigenvalue weighted by Crippen LogP contribution is 2.22. The Bertz CT molecular complexity index is 440. The Morgan fingerprint density at radius 2 is 1.69 bits per heavy atom. The number of nitrogens with two attached hydrogens (primary N) is 1. The zero-order chi connectivity index (χ0) is 12.3. The van der Waals surface area contributed by atoms with Crippen LogP contribution in [0.15, 0.2) is 12.1 Å². The molecule has 0 aliphatic rings. The van der Waals surface area contributed by atoms with E-state index in [2.05, 4.69) is 9.47 Å². The smallest absolute Gasteiger partial charge is 0.339 e. The van der Waals surface area contributed by atoms with Crippen LogP contribution in [0.25, 0.3) is 0 Å². The Morgan fingerprint density at radius 1 is 1.12 bits per heavy atom. The number of hydrogen-bond donors (Lipinski definition) is 1. The van der Waals surface area contributed by atoms with E-state index in [9.17, 15) is 9.59 Å². The Kier molecular flexibility index (Phi) is 3.50. The second kappa shape index (κ2) is 4.65. The molecule has 0 saturated carbocycles. The number of benzene rings is 1. The van der Waals surface area contributed by atoms with Crippen molar-refractivity contribution in [3.63, 3.8) is 0 Å². The third-order valence-corrected chi connectivity index (χ3v) is 2.30. The van der Waals surface area contributed by atoms with Crippen LogP contribution < -0.4 is 5.73 Å². The van der Waals surface area contributed by atoms with Gasteiger partial charge in [0.1, 0.15) is 0 Å². The fourth-order valence-electron chi connectivity index (χ4n) is 1.37. The molecule has 1 aromatic rings. The number of esters is 2. The summed E-state index contributed by atoms with van der Waals surface area (Å²) in [7, 11) is 2.49. The molecule has 0 amide bonds. The van der Waals surface area contributed by atoms with Crippen LogP contribution in [-0.2, 0) is 9.47 Å². The summed E-state index contributed by atoms with van der Waals surface area (Å²) in [6, 6.07) is 2.99. The van der Waals surface area contributed by atoms with Crippen LogP contribution in [0.2, 0.25) is 0 Å². The van der Waals surface area contributed by atoms with Crippen molar-refractivity contribution in [1.29, 1.82) is 0 Å². The van der Waals surface area contributed by atoms with Crippen LogP contribution >= 0.6 is 0 Å². The summed E-state index contributed by atoms with van der Waals surface area (Å²) >= 11 is 0. The van der Waals surface area contributed by atoms with Gasteiger partial charge in [-0.15, -0.1) is 0 Å². The van der Waals surface area contributed by atoms with Crippen LogP contribution in [0.1, 0.15) is 26.3 Å². The van der Waals surface area contributed by atoms with Gasteiger partial charge in [-0.25, -0.2) is 9.59 Å². The van der Waals surface area contributed by atoms with Crippen molar-refractivity contribution in [2.45, 2.75) is 6.92 Å². The number of nitrogen functional groups attached to an aromatic ring is 1. The van der Waals surface area contributed by atoms with E-state index in [0.29, 0.717) is 11.3 Å². The van der Waals surface area contributed by atoms with Crippen molar-refractivity contribution in [2.75, 3.05) is 20.0 Å². The molecule has 5 heteroatoms. The highest BCUT2D eigenvalue weighted by Gasteiger charge is 2.21. The van der Waals surface area contributed by atoms with Gasteiger partial charge in [0.25, 0.3) is 0 Å². The van der Waals surface area contributed by atoms with Gasteiger partial charge in [0.2, 0.25) is 0 Å². The van der Waals surface area contributed by atoms with Gasteiger partial charge in [-0.3, -0.25) is 0 Å². The SMILES string of the molecule is COC(=O)c1ccc(N)c(C)c1C(=O)OC. The predicted octanol–water partition coefficient (Wildman–Crippen LogP) is 1.15. The lowest BCUT2D eigenvalue weighted by molar-refractivity contribution is 0.0554. The average Bonchev–Trinajstić information content (AvgIpc) is 2.30. The summed E-state index contributed by atoms with van der Waals surface area (Å²) in [5.74, 6) is -1.20. The largest absolute Gasteiger partial charge is 0.465 e. The van der Waals surface area contributed by atoms with E-state index in [4.69, 9.17) is 5.73 Å². The molecule has 0 heterocycles. The third kappa shape index (κ3) is 1.98.